The van der Waals surface area contributed by atoms with Crippen LogP contribution in [0.1, 0.15) is 0 Å². The highest BCUT2D eigenvalue weighted by Gasteiger charge is 1.77. The smallest absolute Gasteiger partial charge is 0.285 e. The second-order valence-electron chi connectivity index (χ2n) is 0.418. The van der Waals surface area contributed by atoms with Crippen LogP contribution < -0.4 is 11.3 Å². The minimum absolute atomic E-state index is 0.405. The number of hydrazine groups is 1. The normalized spacial score (nSPS) is 6.80. The van der Waals surface area contributed by atoms with Gasteiger partial charge in [-0.15, -0.1) is 0 Å². The van der Waals surface area contributed by atoms with Crippen molar-refractivity contribution < 1.29 is 4.79 Å². The zero-order valence-corrected chi connectivity index (χ0v) is 3.95. The number of carbonyl (C=O) groups excluding carboxylic acids is 1. The standard InChI is InChI=1S/CH3BrN2O/c2-1(5)4-3/h3H2,(H,4,5). The van der Waals surface area contributed by atoms with Gasteiger partial charge in [-0.1, -0.05) is 0 Å². The first-order valence-corrected chi connectivity index (χ1v) is 1.72. The van der Waals surface area contributed by atoms with E-state index in [0.717, 1.165) is 0 Å². The van der Waals surface area contributed by atoms with Gasteiger partial charge in [0.1, 0.15) is 0 Å². The van der Waals surface area contributed by atoms with Crippen LogP contribution in [0.2, 0.25) is 0 Å². The topological polar surface area (TPSA) is 55.1 Å². The Morgan fingerprint density at radius 1 is 2.00 bits per heavy atom. The molecule has 3 N–H and O–H groups in total. The van der Waals surface area contributed by atoms with E-state index in [1.807, 2.05) is 0 Å². The van der Waals surface area contributed by atoms with E-state index in [1.165, 1.54) is 0 Å². The van der Waals surface area contributed by atoms with E-state index in [9.17, 15) is 4.79 Å². The Hall–Kier alpha value is -0.0900. The molecule has 0 aliphatic carbocycles. The third-order valence-electron chi connectivity index (χ3n) is 0.113. The van der Waals surface area contributed by atoms with Gasteiger partial charge in [-0.2, -0.15) is 0 Å². The molecule has 0 aromatic carbocycles. The summed E-state index contributed by atoms with van der Waals surface area (Å²) in [6.45, 7) is 0. The van der Waals surface area contributed by atoms with Gasteiger partial charge < -0.3 is 0 Å². The van der Waals surface area contributed by atoms with Gasteiger partial charge in [-0.3, -0.25) is 10.2 Å². The van der Waals surface area contributed by atoms with Crippen molar-refractivity contribution in [3.8, 4) is 0 Å². The van der Waals surface area contributed by atoms with Crippen molar-refractivity contribution in [2.24, 2.45) is 5.84 Å². The van der Waals surface area contributed by atoms with Gasteiger partial charge in [0.15, 0.2) is 0 Å². The Morgan fingerprint density at radius 3 is 2.20 bits per heavy atom. The highest BCUT2D eigenvalue weighted by Crippen LogP contribution is 1.73. The Balaban J connectivity index is 2.85. The first-order chi connectivity index (χ1) is 2.27. The fourth-order valence-electron chi connectivity index (χ4n) is 0. The van der Waals surface area contributed by atoms with Gasteiger partial charge in [0.2, 0.25) is 0 Å². The molecule has 5 heavy (non-hydrogen) atoms. The highest BCUT2D eigenvalue weighted by atomic mass is 79.9. The largest absolute Gasteiger partial charge is 0.300 e. The molecule has 0 aliphatic rings. The Kier molecular flexibility index (Phi) is 2.13. The molecule has 0 aliphatic heterocycles. The fourth-order valence-corrected chi connectivity index (χ4v) is 0. The minimum Gasteiger partial charge on any atom is -0.285 e. The zero-order chi connectivity index (χ0) is 4.28. The first-order valence-electron chi connectivity index (χ1n) is 0.932. The lowest BCUT2D eigenvalue weighted by atomic mass is 11.4. The van der Waals surface area contributed by atoms with Gasteiger partial charge in [0, 0.05) is 15.9 Å². The van der Waals surface area contributed by atoms with Crippen molar-refractivity contribution in [3.63, 3.8) is 0 Å². The van der Waals surface area contributed by atoms with E-state index in [2.05, 4.69) is 21.8 Å². The molecule has 0 aromatic rings. The number of halogens is 1. The van der Waals surface area contributed by atoms with Crippen molar-refractivity contribution in [2.45, 2.75) is 0 Å². The summed E-state index contributed by atoms with van der Waals surface area (Å²) < 4.78 is 0. The number of nitrogens with one attached hydrogen (secondary N) is 1. The van der Waals surface area contributed by atoms with Gasteiger partial charge >= 0.3 is 4.82 Å². The number of carbonyl (C=O) groups is 1. The van der Waals surface area contributed by atoms with Crippen LogP contribution in [0.15, 0.2) is 0 Å². The Morgan fingerprint density at radius 2 is 2.20 bits per heavy atom. The van der Waals surface area contributed by atoms with Crippen LogP contribution in [0.4, 0.5) is 4.79 Å². The first kappa shape index (κ1) is 4.91. The quantitative estimate of drug-likeness (QED) is 0.163. The molecule has 0 fully saturated rings. The second kappa shape index (κ2) is 2.17. The lowest BCUT2D eigenvalue weighted by Crippen LogP contribution is -2.23. The summed E-state index contributed by atoms with van der Waals surface area (Å²) in [7, 11) is 0. The van der Waals surface area contributed by atoms with Gasteiger partial charge in [0.25, 0.3) is 0 Å². The monoisotopic (exact) mass is 138 g/mol. The fraction of sp³-hybridized carbons (Fsp3) is 0. The molecule has 0 unspecified atom stereocenters. The predicted octanol–water partition coefficient (Wildman–Crippen LogP) is -0.0354. The van der Waals surface area contributed by atoms with E-state index in [4.69, 9.17) is 0 Å². The molecule has 0 rings (SSSR count). The Labute approximate surface area is 37.6 Å². The van der Waals surface area contributed by atoms with Gasteiger partial charge in [0.05, 0.1) is 0 Å². The summed E-state index contributed by atoms with van der Waals surface area (Å²) in [4.78, 5) is 9.09. The van der Waals surface area contributed by atoms with E-state index in [1.54, 1.807) is 5.43 Å². The molecule has 0 saturated heterocycles. The molecule has 0 atom stereocenters. The number of nitrogens with two attached hydrogens (primary N) is 1. The molecule has 1 amide bonds. The van der Waals surface area contributed by atoms with Crippen LogP contribution >= 0.6 is 15.9 Å². The summed E-state index contributed by atoms with van der Waals surface area (Å²) >= 11 is 2.50. The summed E-state index contributed by atoms with van der Waals surface area (Å²) in [5.74, 6) is 4.52. The maximum atomic E-state index is 9.49. The number of hydrogen-bond donors (Lipinski definition) is 2. The number of hydrogen-bond acceptors (Lipinski definition) is 2. The van der Waals surface area contributed by atoms with Crippen LogP contribution in [0, 0.1) is 0 Å². The Bertz CT molecular complexity index is 44.9. The van der Waals surface area contributed by atoms with Gasteiger partial charge in [-0.25, -0.2) is 5.84 Å². The summed E-state index contributed by atoms with van der Waals surface area (Å²) in [5, 5.41) is 0. The molecule has 0 saturated carbocycles. The van der Waals surface area contributed by atoms with Crippen LogP contribution in [0.25, 0.3) is 0 Å². The zero-order valence-electron chi connectivity index (χ0n) is 2.36. The third-order valence-corrected chi connectivity index (χ3v) is 0.342. The van der Waals surface area contributed by atoms with Crippen molar-refractivity contribution in [2.75, 3.05) is 0 Å². The molecule has 0 bridgehead atoms. The molecule has 0 radical (unpaired) electrons. The molecule has 4 heteroatoms. The average Bonchev–Trinajstić information content (AvgIpc) is 1.38. The van der Waals surface area contributed by atoms with Crippen LogP contribution in [0.5, 0.6) is 0 Å². The van der Waals surface area contributed by atoms with Gasteiger partial charge in [-0.05, 0) is 0 Å². The van der Waals surface area contributed by atoms with E-state index >= 15 is 0 Å². The molecule has 0 spiro atoms. The predicted molar refractivity (Wildman–Crippen MR) is 21.6 cm³/mol. The summed E-state index contributed by atoms with van der Waals surface area (Å²) in [6, 6.07) is 0. The van der Waals surface area contributed by atoms with Crippen molar-refractivity contribution in [3.05, 3.63) is 0 Å². The van der Waals surface area contributed by atoms with E-state index < -0.39 is 4.82 Å². The SMILES string of the molecule is NNC(=O)Br. The van der Waals surface area contributed by atoms with Crippen molar-refractivity contribution in [1.29, 1.82) is 0 Å². The van der Waals surface area contributed by atoms with Crippen molar-refractivity contribution in [1.82, 2.24) is 5.43 Å². The average molecular weight is 139 g/mol. The lowest BCUT2D eigenvalue weighted by molar-refractivity contribution is 0.262. The minimum atomic E-state index is -0.405. The molecule has 3 nitrogen and oxygen atoms in total. The lowest BCUT2D eigenvalue weighted by Gasteiger charge is -1.78. The summed E-state index contributed by atoms with van der Waals surface area (Å²) in [5.41, 5.74) is 1.81. The van der Waals surface area contributed by atoms with E-state index in [0.29, 0.717) is 0 Å². The molecular weight excluding hydrogens is 136 g/mol. The number of rotatable bonds is 0. The molecular formula is CH3BrN2O. The molecule has 0 heterocycles. The van der Waals surface area contributed by atoms with E-state index in [-0.39, 0.29) is 0 Å². The molecule has 30 valence electrons. The second-order valence-corrected chi connectivity index (χ2v) is 1.14. The maximum absolute atomic E-state index is 9.49. The van der Waals surface area contributed by atoms with Crippen LogP contribution in [0.3, 0.4) is 0 Å². The van der Waals surface area contributed by atoms with Crippen LogP contribution in [-0.4, -0.2) is 4.82 Å². The van der Waals surface area contributed by atoms with Crippen LogP contribution in [-0.2, 0) is 0 Å². The molecule has 0 aromatic heterocycles. The highest BCUT2D eigenvalue weighted by molar-refractivity contribution is 9.18. The maximum Gasteiger partial charge on any atom is 0.300 e. The summed E-state index contributed by atoms with van der Waals surface area (Å²) in [6.07, 6.45) is 0. The number of amides is 1. The van der Waals surface area contributed by atoms with Crippen molar-refractivity contribution >= 4 is 20.7 Å². The third kappa shape index (κ3) is 3.91.